The predicted molar refractivity (Wildman–Crippen MR) is 97.3 cm³/mol. The van der Waals surface area contributed by atoms with Gasteiger partial charge < -0.3 is 4.90 Å². The van der Waals surface area contributed by atoms with Crippen molar-refractivity contribution < 1.29 is 0 Å². The Hall–Kier alpha value is -1.95. The van der Waals surface area contributed by atoms with Crippen LogP contribution in [-0.2, 0) is 0 Å². The maximum Gasteiger partial charge on any atom is 0.135 e. The fourth-order valence-electron chi connectivity index (χ4n) is 1.72. The van der Waals surface area contributed by atoms with Crippen LogP contribution in [0.1, 0.15) is 40.5 Å². The SMILES string of the molecule is C=NNC(/C=C\C/C(=N/N=C/C)N(C)/C(C)=C(\C)CC)NC. The summed E-state index contributed by atoms with van der Waals surface area (Å²) in [4.78, 5) is 2.09. The zero-order chi connectivity index (χ0) is 17.0. The van der Waals surface area contributed by atoms with Gasteiger partial charge in [0.1, 0.15) is 12.0 Å². The van der Waals surface area contributed by atoms with Crippen LogP contribution in [0, 0.1) is 0 Å². The first-order valence-corrected chi connectivity index (χ1v) is 7.51. The van der Waals surface area contributed by atoms with Crippen molar-refractivity contribution in [3.05, 3.63) is 23.4 Å². The van der Waals surface area contributed by atoms with Gasteiger partial charge in [-0.2, -0.15) is 10.2 Å². The van der Waals surface area contributed by atoms with Gasteiger partial charge in [-0.25, -0.2) is 0 Å². The molecule has 0 rings (SSSR count). The summed E-state index contributed by atoms with van der Waals surface area (Å²) in [6.07, 6.45) is 7.36. The standard InChI is InChI=1S/C16H30N6/c1-8-13(3)14(4)22(7)16(21-19-9-2)12-10-11-15(17-5)20-18-6/h9-11,15,17,20H,6,8,12H2,1-5,7H3/b11-10-,14-13+,19-9+,21-16-. The number of allylic oxidation sites excluding steroid dienone is 2. The highest BCUT2D eigenvalue weighted by Crippen LogP contribution is 2.13. The van der Waals surface area contributed by atoms with E-state index in [0.717, 1.165) is 12.3 Å². The molecule has 22 heavy (non-hydrogen) atoms. The summed E-state index contributed by atoms with van der Waals surface area (Å²) < 4.78 is 0. The summed E-state index contributed by atoms with van der Waals surface area (Å²) in [5.41, 5.74) is 5.40. The normalized spacial score (nSPS) is 15.1. The molecular weight excluding hydrogens is 276 g/mol. The van der Waals surface area contributed by atoms with Crippen LogP contribution < -0.4 is 10.7 Å². The van der Waals surface area contributed by atoms with Crippen LogP contribution in [0.25, 0.3) is 0 Å². The Morgan fingerprint density at radius 2 is 2.05 bits per heavy atom. The summed E-state index contributed by atoms with van der Waals surface area (Å²) in [6, 6.07) is 0. The quantitative estimate of drug-likeness (QED) is 0.226. The second-order valence-electron chi connectivity index (χ2n) is 4.85. The molecule has 1 unspecified atom stereocenters. The molecule has 0 saturated heterocycles. The third-order valence-corrected chi connectivity index (χ3v) is 3.50. The molecule has 0 heterocycles. The molecule has 0 aromatic heterocycles. The van der Waals surface area contributed by atoms with Crippen molar-refractivity contribution in [3.8, 4) is 0 Å². The Balaban J connectivity index is 5.09. The lowest BCUT2D eigenvalue weighted by Crippen LogP contribution is -2.35. The van der Waals surface area contributed by atoms with E-state index >= 15 is 0 Å². The molecule has 2 N–H and O–H groups in total. The Bertz CT molecular complexity index is 448. The zero-order valence-corrected chi connectivity index (χ0v) is 14.7. The van der Waals surface area contributed by atoms with Crippen LogP contribution >= 0.6 is 0 Å². The number of hydrogen-bond acceptors (Lipinski definition) is 5. The minimum atomic E-state index is -0.0484. The molecule has 0 fully saturated rings. The first-order valence-electron chi connectivity index (χ1n) is 7.51. The number of likely N-dealkylation sites (N-methyl/N-ethyl adjacent to an activating group) is 1. The number of amidine groups is 1. The van der Waals surface area contributed by atoms with E-state index in [1.807, 2.05) is 33.2 Å². The van der Waals surface area contributed by atoms with E-state index in [1.54, 1.807) is 6.21 Å². The average molecular weight is 306 g/mol. The summed E-state index contributed by atoms with van der Waals surface area (Å²) >= 11 is 0. The zero-order valence-electron chi connectivity index (χ0n) is 14.7. The Kier molecular flexibility index (Phi) is 10.6. The van der Waals surface area contributed by atoms with Crippen molar-refractivity contribution in [1.29, 1.82) is 0 Å². The molecular formula is C16H30N6. The maximum atomic E-state index is 4.30. The first kappa shape index (κ1) is 20.1. The lowest BCUT2D eigenvalue weighted by atomic mass is 10.1. The second-order valence-corrected chi connectivity index (χ2v) is 4.85. The van der Waals surface area contributed by atoms with Crippen LogP contribution in [0.15, 0.2) is 38.7 Å². The molecule has 0 bridgehead atoms. The molecule has 0 aliphatic rings. The Morgan fingerprint density at radius 3 is 2.55 bits per heavy atom. The van der Waals surface area contributed by atoms with Crippen molar-refractivity contribution in [1.82, 2.24) is 15.6 Å². The molecule has 0 aliphatic heterocycles. The van der Waals surface area contributed by atoms with Crippen LogP contribution in [0.3, 0.4) is 0 Å². The van der Waals surface area contributed by atoms with Crippen LogP contribution in [-0.4, -0.2) is 43.9 Å². The Morgan fingerprint density at radius 1 is 1.36 bits per heavy atom. The molecule has 0 radical (unpaired) electrons. The molecule has 0 aromatic rings. The third kappa shape index (κ3) is 7.17. The van der Waals surface area contributed by atoms with Gasteiger partial charge >= 0.3 is 0 Å². The number of nitrogens with zero attached hydrogens (tertiary/aromatic N) is 4. The topological polar surface area (TPSA) is 64.4 Å². The average Bonchev–Trinajstić information content (AvgIpc) is 2.54. The van der Waals surface area contributed by atoms with E-state index in [4.69, 9.17) is 0 Å². The highest BCUT2D eigenvalue weighted by atomic mass is 15.3. The molecule has 0 aromatic carbocycles. The molecule has 1 atom stereocenters. The summed E-state index contributed by atoms with van der Waals surface area (Å²) in [5, 5.41) is 15.1. The molecule has 0 amide bonds. The third-order valence-electron chi connectivity index (χ3n) is 3.50. The highest BCUT2D eigenvalue weighted by molar-refractivity contribution is 5.85. The molecule has 6 nitrogen and oxygen atoms in total. The molecule has 0 saturated carbocycles. The largest absolute Gasteiger partial charge is 0.335 e. The monoisotopic (exact) mass is 306 g/mol. The van der Waals surface area contributed by atoms with Gasteiger partial charge in [-0.1, -0.05) is 18.6 Å². The molecule has 0 spiro atoms. The van der Waals surface area contributed by atoms with Gasteiger partial charge in [-0.3, -0.25) is 10.7 Å². The number of nitrogens with one attached hydrogen (secondary N) is 2. The van der Waals surface area contributed by atoms with Gasteiger partial charge in [-0.05, 0) is 40.3 Å². The lowest BCUT2D eigenvalue weighted by Gasteiger charge is -2.22. The van der Waals surface area contributed by atoms with Crippen molar-refractivity contribution in [2.24, 2.45) is 15.3 Å². The van der Waals surface area contributed by atoms with E-state index < -0.39 is 0 Å². The fourth-order valence-corrected chi connectivity index (χ4v) is 1.72. The van der Waals surface area contributed by atoms with Crippen molar-refractivity contribution >= 4 is 18.8 Å². The van der Waals surface area contributed by atoms with Crippen molar-refractivity contribution in [2.45, 2.75) is 46.7 Å². The van der Waals surface area contributed by atoms with E-state index in [-0.39, 0.29) is 6.17 Å². The van der Waals surface area contributed by atoms with Gasteiger partial charge in [0.05, 0.1) is 0 Å². The van der Waals surface area contributed by atoms with Gasteiger partial charge in [0, 0.05) is 32.1 Å². The first-order chi connectivity index (χ1) is 10.5. The molecule has 124 valence electrons. The van der Waals surface area contributed by atoms with Crippen LogP contribution in [0.4, 0.5) is 0 Å². The number of hydrazone groups is 1. The maximum absolute atomic E-state index is 4.30. The number of hydrogen-bond donors (Lipinski definition) is 2. The highest BCUT2D eigenvalue weighted by Gasteiger charge is 2.09. The lowest BCUT2D eigenvalue weighted by molar-refractivity contribution is 0.555. The molecule has 6 heteroatoms. The van der Waals surface area contributed by atoms with E-state index in [9.17, 15) is 0 Å². The van der Waals surface area contributed by atoms with Gasteiger partial charge in [0.2, 0.25) is 0 Å². The van der Waals surface area contributed by atoms with Crippen molar-refractivity contribution in [3.63, 3.8) is 0 Å². The summed E-state index contributed by atoms with van der Waals surface area (Å²) in [5.74, 6) is 0.890. The van der Waals surface area contributed by atoms with E-state index in [2.05, 4.69) is 58.4 Å². The summed E-state index contributed by atoms with van der Waals surface area (Å²) in [7, 11) is 3.87. The predicted octanol–water partition coefficient (Wildman–Crippen LogP) is 2.72. The van der Waals surface area contributed by atoms with Gasteiger partial charge in [-0.15, -0.1) is 5.10 Å². The number of rotatable bonds is 9. The van der Waals surface area contributed by atoms with E-state index in [1.165, 1.54) is 11.3 Å². The van der Waals surface area contributed by atoms with E-state index in [0.29, 0.717) is 6.42 Å². The fraction of sp³-hybridized carbons (Fsp3) is 0.562. The summed E-state index contributed by atoms with van der Waals surface area (Å²) in [6.45, 7) is 11.7. The van der Waals surface area contributed by atoms with Crippen LogP contribution in [0.2, 0.25) is 0 Å². The Labute approximate surface area is 134 Å². The second kappa shape index (κ2) is 11.7. The minimum Gasteiger partial charge on any atom is -0.335 e. The van der Waals surface area contributed by atoms with Crippen LogP contribution in [0.5, 0.6) is 0 Å². The van der Waals surface area contributed by atoms with Gasteiger partial charge in [0.15, 0.2) is 0 Å². The van der Waals surface area contributed by atoms with Gasteiger partial charge in [0.25, 0.3) is 0 Å². The van der Waals surface area contributed by atoms with Crippen molar-refractivity contribution in [2.75, 3.05) is 14.1 Å². The minimum absolute atomic E-state index is 0.0484. The smallest absolute Gasteiger partial charge is 0.135 e. The molecule has 0 aliphatic carbocycles.